The summed E-state index contributed by atoms with van der Waals surface area (Å²) in [4.78, 5) is 15.7. The molecule has 3 fully saturated rings. The van der Waals surface area contributed by atoms with Crippen LogP contribution in [0.2, 0.25) is 5.02 Å². The number of benzene rings is 2. The average Bonchev–Trinajstić information content (AvgIpc) is 3.73. The summed E-state index contributed by atoms with van der Waals surface area (Å²) in [6.07, 6.45) is 6.29. The van der Waals surface area contributed by atoms with Gasteiger partial charge in [-0.1, -0.05) is 54.1 Å². The van der Waals surface area contributed by atoms with E-state index in [9.17, 15) is 4.79 Å². The van der Waals surface area contributed by atoms with Gasteiger partial charge in [-0.25, -0.2) is 0 Å². The number of ether oxygens (including phenoxy) is 2. The monoisotopic (exact) mass is 506 g/mol. The number of aromatic nitrogens is 1. The van der Waals surface area contributed by atoms with Crippen LogP contribution in [0, 0.1) is 11.8 Å². The van der Waals surface area contributed by atoms with E-state index >= 15 is 0 Å². The average molecular weight is 507 g/mol. The number of amides is 1. The summed E-state index contributed by atoms with van der Waals surface area (Å²) in [6.45, 7) is 2.73. The maximum atomic E-state index is 13.6. The Morgan fingerprint density at radius 1 is 1.03 bits per heavy atom. The smallest absolute Gasteiger partial charge is 0.226 e. The molecule has 0 spiro atoms. The highest BCUT2D eigenvalue weighted by Gasteiger charge is 2.41. The molecule has 1 amide bonds. The zero-order valence-corrected chi connectivity index (χ0v) is 21.8. The van der Waals surface area contributed by atoms with Crippen LogP contribution >= 0.6 is 11.6 Å². The van der Waals surface area contributed by atoms with Gasteiger partial charge in [0.2, 0.25) is 5.91 Å². The van der Waals surface area contributed by atoms with E-state index in [1.165, 1.54) is 18.4 Å². The fourth-order valence-electron chi connectivity index (χ4n) is 6.38. The Morgan fingerprint density at radius 3 is 2.50 bits per heavy atom. The van der Waals surface area contributed by atoms with Gasteiger partial charge in [0.05, 0.1) is 42.1 Å². The van der Waals surface area contributed by atoms with Gasteiger partial charge in [-0.3, -0.25) is 4.79 Å². The quantitative estimate of drug-likeness (QED) is 0.384. The van der Waals surface area contributed by atoms with Gasteiger partial charge in [-0.15, -0.1) is 0 Å². The van der Waals surface area contributed by atoms with Crippen LogP contribution in [0.4, 0.5) is 0 Å². The number of hydrogen-bond acceptors (Lipinski definition) is 3. The van der Waals surface area contributed by atoms with Crippen molar-refractivity contribution >= 4 is 28.4 Å². The molecule has 3 aromatic rings. The number of fused-ring (bicyclic) bond motifs is 1. The summed E-state index contributed by atoms with van der Waals surface area (Å²) in [6, 6.07) is 17.6. The molecule has 36 heavy (non-hydrogen) atoms. The molecular weight excluding hydrogens is 472 g/mol. The molecule has 0 radical (unpaired) electrons. The van der Waals surface area contributed by atoms with Crippen LogP contribution < -0.4 is 0 Å². The van der Waals surface area contributed by atoms with Crippen LogP contribution in [0.1, 0.15) is 50.1 Å². The van der Waals surface area contributed by atoms with Crippen molar-refractivity contribution in [3.05, 3.63) is 59.1 Å². The standard InChI is InChI=1S/C30H35ClN2O3/c1-35-18-20-6-8-22(9-7-20)29-28(31)25-4-2-3-5-26(25)33(29)24-14-12-23(13-15-24)30(34)32-16-17-36-19-27(32)21-10-11-21/h2-9,21,23-24,27H,10-19H2,1H3. The SMILES string of the molecule is COCc1ccc(-c2c(Cl)c3ccccc3n2C2CCC(C(=O)N3CCOCC3C3CC3)CC2)cc1. The second-order valence-electron chi connectivity index (χ2n) is 10.7. The molecule has 1 unspecified atom stereocenters. The van der Waals surface area contributed by atoms with E-state index in [1.54, 1.807) is 7.11 Å². The van der Waals surface area contributed by atoms with Crippen LogP contribution in [0.5, 0.6) is 0 Å². The van der Waals surface area contributed by atoms with E-state index in [4.69, 9.17) is 21.1 Å². The second kappa shape index (κ2) is 10.2. The number of halogens is 1. The lowest BCUT2D eigenvalue weighted by atomic mass is 9.84. The summed E-state index contributed by atoms with van der Waals surface area (Å²) in [5.74, 6) is 1.13. The number of methoxy groups -OCH3 is 1. The van der Waals surface area contributed by atoms with E-state index in [0.717, 1.165) is 59.5 Å². The number of hydrogen-bond donors (Lipinski definition) is 0. The highest BCUT2D eigenvalue weighted by atomic mass is 35.5. The fourth-order valence-corrected chi connectivity index (χ4v) is 6.74. The van der Waals surface area contributed by atoms with Gasteiger partial charge in [0, 0.05) is 31.0 Å². The van der Waals surface area contributed by atoms with Gasteiger partial charge in [0.15, 0.2) is 0 Å². The Kier molecular flexibility index (Phi) is 6.80. The summed E-state index contributed by atoms with van der Waals surface area (Å²) in [7, 11) is 1.72. The lowest BCUT2D eigenvalue weighted by Crippen LogP contribution is -2.52. The number of morpholine rings is 1. The van der Waals surface area contributed by atoms with Crippen molar-refractivity contribution in [3.8, 4) is 11.3 Å². The van der Waals surface area contributed by atoms with Crippen LogP contribution in [0.3, 0.4) is 0 Å². The first kappa shape index (κ1) is 24.0. The number of rotatable bonds is 6. The summed E-state index contributed by atoms with van der Waals surface area (Å²) < 4.78 is 13.5. The molecule has 1 aromatic heterocycles. The third-order valence-electron chi connectivity index (χ3n) is 8.41. The Balaban J connectivity index is 1.26. The minimum absolute atomic E-state index is 0.120. The second-order valence-corrected chi connectivity index (χ2v) is 11.1. The van der Waals surface area contributed by atoms with Gasteiger partial charge < -0.3 is 18.9 Å². The first-order valence-corrected chi connectivity index (χ1v) is 13.8. The van der Waals surface area contributed by atoms with E-state index in [1.807, 2.05) is 0 Å². The molecule has 190 valence electrons. The van der Waals surface area contributed by atoms with Crippen LogP contribution in [0.25, 0.3) is 22.2 Å². The van der Waals surface area contributed by atoms with Crippen LogP contribution in [0.15, 0.2) is 48.5 Å². The molecular formula is C30H35ClN2O3. The minimum atomic E-state index is 0.120. The third kappa shape index (κ3) is 4.46. The van der Waals surface area contributed by atoms with Crippen molar-refractivity contribution in [1.82, 2.24) is 9.47 Å². The Morgan fingerprint density at radius 2 is 1.78 bits per heavy atom. The van der Waals surface area contributed by atoms with E-state index < -0.39 is 0 Å². The van der Waals surface area contributed by atoms with Crippen LogP contribution in [-0.2, 0) is 20.9 Å². The number of carbonyl (C=O) groups is 1. The molecule has 2 aliphatic carbocycles. The van der Waals surface area contributed by atoms with Gasteiger partial charge in [-0.05, 0) is 61.6 Å². The highest BCUT2D eigenvalue weighted by molar-refractivity contribution is 6.38. The Bertz CT molecular complexity index is 1220. The van der Waals surface area contributed by atoms with Crippen molar-refractivity contribution in [2.45, 2.75) is 57.2 Å². The maximum Gasteiger partial charge on any atom is 0.226 e. The largest absolute Gasteiger partial charge is 0.380 e. The van der Waals surface area contributed by atoms with E-state index in [2.05, 4.69) is 58.0 Å². The van der Waals surface area contributed by atoms with Crippen molar-refractivity contribution in [2.24, 2.45) is 11.8 Å². The topological polar surface area (TPSA) is 43.7 Å². The molecule has 0 bridgehead atoms. The zero-order chi connectivity index (χ0) is 24.6. The maximum absolute atomic E-state index is 13.6. The van der Waals surface area contributed by atoms with Crippen molar-refractivity contribution < 1.29 is 14.3 Å². The molecule has 5 nitrogen and oxygen atoms in total. The summed E-state index contributed by atoms with van der Waals surface area (Å²) >= 11 is 7.03. The molecule has 0 N–H and O–H groups in total. The van der Waals surface area contributed by atoms with E-state index in [-0.39, 0.29) is 5.92 Å². The van der Waals surface area contributed by atoms with Crippen molar-refractivity contribution in [1.29, 1.82) is 0 Å². The lowest BCUT2D eigenvalue weighted by Gasteiger charge is -2.40. The van der Waals surface area contributed by atoms with E-state index in [0.29, 0.717) is 43.7 Å². The highest BCUT2D eigenvalue weighted by Crippen LogP contribution is 2.45. The molecule has 1 aliphatic heterocycles. The summed E-state index contributed by atoms with van der Waals surface area (Å²) in [5.41, 5.74) is 4.52. The predicted octanol–water partition coefficient (Wildman–Crippen LogP) is 6.48. The molecule has 2 heterocycles. The molecule has 1 saturated heterocycles. The Hall–Kier alpha value is -2.34. The zero-order valence-electron chi connectivity index (χ0n) is 21.0. The third-order valence-corrected chi connectivity index (χ3v) is 8.80. The van der Waals surface area contributed by atoms with Crippen LogP contribution in [-0.4, -0.2) is 48.3 Å². The van der Waals surface area contributed by atoms with Gasteiger partial charge >= 0.3 is 0 Å². The minimum Gasteiger partial charge on any atom is -0.380 e. The molecule has 6 rings (SSSR count). The Labute approximate surface area is 218 Å². The molecule has 3 aliphatic rings. The fraction of sp³-hybridized carbons (Fsp3) is 0.500. The normalized spacial score (nSPS) is 24.8. The van der Waals surface area contributed by atoms with Gasteiger partial charge in [0.25, 0.3) is 0 Å². The molecule has 1 atom stereocenters. The van der Waals surface area contributed by atoms with Gasteiger partial charge in [0.1, 0.15) is 0 Å². The van der Waals surface area contributed by atoms with Crippen molar-refractivity contribution in [3.63, 3.8) is 0 Å². The first-order valence-electron chi connectivity index (χ1n) is 13.4. The predicted molar refractivity (Wildman–Crippen MR) is 143 cm³/mol. The molecule has 2 saturated carbocycles. The number of carbonyl (C=O) groups excluding carboxylic acids is 1. The van der Waals surface area contributed by atoms with Crippen molar-refractivity contribution in [2.75, 3.05) is 26.9 Å². The van der Waals surface area contributed by atoms with Gasteiger partial charge in [-0.2, -0.15) is 0 Å². The summed E-state index contributed by atoms with van der Waals surface area (Å²) in [5, 5.41) is 1.90. The molecule has 6 heteroatoms. The number of nitrogens with zero attached hydrogens (tertiary/aromatic N) is 2. The first-order chi connectivity index (χ1) is 17.7. The molecule has 2 aromatic carbocycles. The lowest BCUT2D eigenvalue weighted by molar-refractivity contribution is -0.146. The number of para-hydroxylation sites is 1.